The van der Waals surface area contributed by atoms with Crippen LogP contribution in [-0.2, 0) is 4.79 Å². The maximum atomic E-state index is 10.4. The summed E-state index contributed by atoms with van der Waals surface area (Å²) in [5, 5.41) is 0. The predicted octanol–water partition coefficient (Wildman–Crippen LogP) is 2.18. The van der Waals surface area contributed by atoms with Crippen LogP contribution in [0.25, 0.3) is 0 Å². The molecule has 0 aliphatic rings. The Bertz CT molecular complexity index is 114. The minimum atomic E-state index is 0.135. The van der Waals surface area contributed by atoms with Crippen LogP contribution in [0.5, 0.6) is 0 Å². The summed E-state index contributed by atoms with van der Waals surface area (Å²) in [6.45, 7) is 5.77. The van der Waals surface area contributed by atoms with E-state index in [-0.39, 0.29) is 5.78 Å². The summed E-state index contributed by atoms with van der Waals surface area (Å²) >= 11 is 0. The number of hydrogen-bond donors (Lipinski definition) is 0. The largest absolute Gasteiger partial charge is 0.295 e. The minimum absolute atomic E-state index is 0.135. The van der Waals surface area contributed by atoms with Gasteiger partial charge in [-0.25, -0.2) is 0 Å². The fourth-order valence-corrected chi connectivity index (χ4v) is 0.436. The summed E-state index contributed by atoms with van der Waals surface area (Å²) in [5.74, 6) is 0.671. The Balaban J connectivity index is 3.56. The maximum absolute atomic E-state index is 10.4. The number of carbonyl (C=O) groups is 1. The minimum Gasteiger partial charge on any atom is -0.295 e. The third-order valence-electron chi connectivity index (χ3n) is 1.30. The van der Waals surface area contributed by atoms with E-state index in [4.69, 9.17) is 0 Å². The van der Waals surface area contributed by atoms with Gasteiger partial charge < -0.3 is 0 Å². The lowest BCUT2D eigenvalue weighted by Gasteiger charge is -1.96. The molecule has 0 aromatic heterocycles. The third kappa shape index (κ3) is 5.28. The molecule has 0 saturated heterocycles. The van der Waals surface area contributed by atoms with Crippen LogP contribution in [0.15, 0.2) is 12.2 Å². The molecule has 0 amide bonds. The molecule has 0 spiro atoms. The van der Waals surface area contributed by atoms with E-state index in [1.165, 1.54) is 0 Å². The summed E-state index contributed by atoms with van der Waals surface area (Å²) in [6, 6.07) is 0. The van der Waals surface area contributed by atoms with Crippen LogP contribution in [0.3, 0.4) is 0 Å². The molecule has 0 aliphatic heterocycles. The van der Waals surface area contributed by atoms with Gasteiger partial charge in [0, 0.05) is 0 Å². The lowest BCUT2D eigenvalue weighted by Crippen LogP contribution is -1.87. The molecule has 1 nitrogen and oxygen atoms in total. The molecule has 0 rings (SSSR count). The normalized spacial score (nSPS) is 14.1. The number of allylic oxidation sites excluding steroid dienone is 2. The van der Waals surface area contributed by atoms with Crippen molar-refractivity contribution < 1.29 is 4.79 Å². The molecule has 9 heavy (non-hydrogen) atoms. The Morgan fingerprint density at radius 2 is 2.22 bits per heavy atom. The third-order valence-corrected chi connectivity index (χ3v) is 1.30. The highest BCUT2D eigenvalue weighted by Crippen LogP contribution is 2.00. The first-order valence-corrected chi connectivity index (χ1v) is 3.35. The van der Waals surface area contributed by atoms with E-state index in [2.05, 4.69) is 13.8 Å². The lowest BCUT2D eigenvalue weighted by atomic mass is 10.1. The van der Waals surface area contributed by atoms with Gasteiger partial charge in [-0.05, 0) is 18.9 Å². The van der Waals surface area contributed by atoms with Gasteiger partial charge in [-0.15, -0.1) is 0 Å². The van der Waals surface area contributed by atoms with E-state index < -0.39 is 0 Å². The van der Waals surface area contributed by atoms with Gasteiger partial charge in [-0.1, -0.05) is 26.3 Å². The molecule has 0 fully saturated rings. The second-order valence-electron chi connectivity index (χ2n) is 2.36. The molecule has 0 aromatic rings. The second-order valence-corrected chi connectivity index (χ2v) is 2.36. The van der Waals surface area contributed by atoms with E-state index in [0.29, 0.717) is 5.92 Å². The van der Waals surface area contributed by atoms with Gasteiger partial charge in [-0.2, -0.15) is 0 Å². The smallest absolute Gasteiger partial charge is 0.152 e. The molecule has 1 atom stereocenters. The Kier molecular flexibility index (Phi) is 4.02. The number of ketones is 1. The monoisotopic (exact) mass is 126 g/mol. The van der Waals surface area contributed by atoms with Crippen LogP contribution in [0.2, 0.25) is 0 Å². The zero-order valence-corrected chi connectivity index (χ0v) is 6.35. The van der Waals surface area contributed by atoms with Crippen molar-refractivity contribution in [2.75, 3.05) is 0 Å². The van der Waals surface area contributed by atoms with Crippen molar-refractivity contribution >= 4 is 5.78 Å². The number of rotatable bonds is 3. The topological polar surface area (TPSA) is 17.1 Å². The van der Waals surface area contributed by atoms with Crippen LogP contribution in [0.1, 0.15) is 27.2 Å². The first-order chi connectivity index (χ1) is 4.16. The van der Waals surface area contributed by atoms with Gasteiger partial charge in [0.1, 0.15) is 0 Å². The zero-order chi connectivity index (χ0) is 7.28. The van der Waals surface area contributed by atoms with Crippen molar-refractivity contribution in [2.45, 2.75) is 27.2 Å². The first-order valence-electron chi connectivity index (χ1n) is 3.35. The van der Waals surface area contributed by atoms with E-state index in [1.807, 2.05) is 6.08 Å². The van der Waals surface area contributed by atoms with E-state index in [9.17, 15) is 4.79 Å². The Hall–Kier alpha value is -0.590. The van der Waals surface area contributed by atoms with Crippen molar-refractivity contribution in [3.8, 4) is 0 Å². The van der Waals surface area contributed by atoms with Crippen LogP contribution in [0.4, 0.5) is 0 Å². The summed E-state index contributed by atoms with van der Waals surface area (Å²) in [4.78, 5) is 10.4. The Morgan fingerprint density at radius 3 is 2.56 bits per heavy atom. The van der Waals surface area contributed by atoms with E-state index >= 15 is 0 Å². The maximum Gasteiger partial charge on any atom is 0.152 e. The highest BCUT2D eigenvalue weighted by Gasteiger charge is 1.90. The van der Waals surface area contributed by atoms with Gasteiger partial charge in [0.2, 0.25) is 0 Å². The molecule has 0 heterocycles. The highest BCUT2D eigenvalue weighted by molar-refractivity contribution is 5.87. The quantitative estimate of drug-likeness (QED) is 0.530. The standard InChI is InChI=1S/C8H14O/c1-4-7(2)5-6-8(3)9/h5-7H,4H2,1-3H3/b6-5-. The molecule has 0 radical (unpaired) electrons. The molecule has 1 heteroatoms. The molecule has 0 aromatic carbocycles. The zero-order valence-electron chi connectivity index (χ0n) is 6.35. The predicted molar refractivity (Wildman–Crippen MR) is 39.3 cm³/mol. The van der Waals surface area contributed by atoms with Crippen molar-refractivity contribution in [3.05, 3.63) is 12.2 Å². The average molecular weight is 126 g/mol. The van der Waals surface area contributed by atoms with Gasteiger partial charge >= 0.3 is 0 Å². The van der Waals surface area contributed by atoms with Gasteiger partial charge in [0.15, 0.2) is 5.78 Å². The van der Waals surface area contributed by atoms with Crippen LogP contribution in [-0.4, -0.2) is 5.78 Å². The lowest BCUT2D eigenvalue weighted by molar-refractivity contribution is -0.112. The molecule has 0 saturated carbocycles. The molecule has 52 valence electrons. The molecule has 1 unspecified atom stereocenters. The average Bonchev–Trinajstić information content (AvgIpc) is 1.83. The Morgan fingerprint density at radius 1 is 1.67 bits per heavy atom. The molecular weight excluding hydrogens is 112 g/mol. The molecule has 0 aliphatic carbocycles. The molecular formula is C8H14O. The van der Waals surface area contributed by atoms with Crippen LogP contribution >= 0.6 is 0 Å². The summed E-state index contributed by atoms with van der Waals surface area (Å²) in [5.41, 5.74) is 0. The summed E-state index contributed by atoms with van der Waals surface area (Å²) in [7, 11) is 0. The van der Waals surface area contributed by atoms with Gasteiger partial charge in [0.25, 0.3) is 0 Å². The second kappa shape index (κ2) is 4.30. The van der Waals surface area contributed by atoms with Crippen LogP contribution in [0, 0.1) is 5.92 Å². The first kappa shape index (κ1) is 8.41. The summed E-state index contributed by atoms with van der Waals surface area (Å²) in [6.07, 6.45) is 4.68. The number of hydrogen-bond acceptors (Lipinski definition) is 1. The SMILES string of the molecule is CCC(C)/C=C\C(C)=O. The number of carbonyl (C=O) groups excluding carboxylic acids is 1. The molecule has 0 N–H and O–H groups in total. The molecule has 0 bridgehead atoms. The van der Waals surface area contributed by atoms with Crippen molar-refractivity contribution in [1.29, 1.82) is 0 Å². The van der Waals surface area contributed by atoms with Crippen molar-refractivity contribution in [1.82, 2.24) is 0 Å². The fourth-order valence-electron chi connectivity index (χ4n) is 0.436. The fraction of sp³-hybridized carbons (Fsp3) is 0.625. The van der Waals surface area contributed by atoms with Gasteiger partial charge in [0.05, 0.1) is 0 Å². The highest BCUT2D eigenvalue weighted by atomic mass is 16.1. The van der Waals surface area contributed by atoms with E-state index in [1.54, 1.807) is 13.0 Å². The van der Waals surface area contributed by atoms with Crippen LogP contribution < -0.4 is 0 Å². The summed E-state index contributed by atoms with van der Waals surface area (Å²) < 4.78 is 0. The van der Waals surface area contributed by atoms with Crippen molar-refractivity contribution in [2.24, 2.45) is 5.92 Å². The van der Waals surface area contributed by atoms with Gasteiger partial charge in [-0.3, -0.25) is 4.79 Å². The Labute approximate surface area is 56.8 Å². The van der Waals surface area contributed by atoms with Crippen molar-refractivity contribution in [3.63, 3.8) is 0 Å². The van der Waals surface area contributed by atoms with E-state index in [0.717, 1.165) is 6.42 Å².